The Bertz CT molecular complexity index is 814. The summed E-state index contributed by atoms with van der Waals surface area (Å²) in [7, 11) is 5.87. The van der Waals surface area contributed by atoms with Crippen molar-refractivity contribution >= 4 is 11.6 Å². The van der Waals surface area contributed by atoms with Crippen molar-refractivity contribution in [3.05, 3.63) is 46.8 Å². The minimum atomic E-state index is 0.121. The fourth-order valence-corrected chi connectivity index (χ4v) is 3.15. The van der Waals surface area contributed by atoms with Gasteiger partial charge in [-0.15, -0.1) is 0 Å². The largest absolute Gasteiger partial charge is 0.378 e. The Balaban J connectivity index is 1.93. The molecule has 0 aliphatic carbocycles. The lowest BCUT2D eigenvalue weighted by Crippen LogP contribution is -2.26. The molecular weight excluding hydrogens is 338 g/mol. The Morgan fingerprint density at radius 1 is 1.19 bits per heavy atom. The quantitative estimate of drug-likeness (QED) is 0.719. The molecule has 1 aromatic carbocycles. The first-order valence-electron chi connectivity index (χ1n) is 9.23. The average Bonchev–Trinajstić information content (AvgIpc) is 2.91. The summed E-state index contributed by atoms with van der Waals surface area (Å²) in [5, 5.41) is 13.2. The molecular formula is C21H29N5O. The molecule has 0 aliphatic rings. The summed E-state index contributed by atoms with van der Waals surface area (Å²) in [5.41, 5.74) is 5.38. The van der Waals surface area contributed by atoms with Crippen LogP contribution in [0, 0.1) is 25.2 Å². The number of anilines is 1. The number of hydrogen-bond acceptors (Lipinski definition) is 4. The molecule has 2 aromatic rings. The molecule has 144 valence electrons. The van der Waals surface area contributed by atoms with Gasteiger partial charge < -0.3 is 9.80 Å². The molecule has 6 nitrogen and oxygen atoms in total. The zero-order valence-electron chi connectivity index (χ0n) is 17.0. The molecule has 0 fully saturated rings. The summed E-state index contributed by atoms with van der Waals surface area (Å²) in [6.45, 7) is 5.17. The fraction of sp³-hybridized carbons (Fsp3) is 0.476. The molecule has 27 heavy (non-hydrogen) atoms. The van der Waals surface area contributed by atoms with Crippen molar-refractivity contribution in [3.8, 4) is 6.07 Å². The van der Waals surface area contributed by atoms with Gasteiger partial charge in [-0.3, -0.25) is 9.48 Å². The zero-order chi connectivity index (χ0) is 20.0. The van der Waals surface area contributed by atoms with Crippen molar-refractivity contribution in [2.24, 2.45) is 0 Å². The monoisotopic (exact) mass is 367 g/mol. The van der Waals surface area contributed by atoms with Crippen LogP contribution in [-0.2, 0) is 24.3 Å². The van der Waals surface area contributed by atoms with E-state index in [0.717, 1.165) is 28.2 Å². The molecule has 0 aliphatic heterocycles. The van der Waals surface area contributed by atoms with Gasteiger partial charge in [-0.05, 0) is 43.5 Å². The van der Waals surface area contributed by atoms with Crippen molar-refractivity contribution in [3.63, 3.8) is 0 Å². The highest BCUT2D eigenvalue weighted by Gasteiger charge is 2.15. The summed E-state index contributed by atoms with van der Waals surface area (Å²) >= 11 is 0. The third kappa shape index (κ3) is 5.33. The molecule has 0 unspecified atom stereocenters. The zero-order valence-corrected chi connectivity index (χ0v) is 17.0. The Hall–Kier alpha value is -2.81. The lowest BCUT2D eigenvalue weighted by atomic mass is 10.1. The standard InChI is InChI=1S/C21H29N5O/c1-16-20(17(2)26(23-16)14-6-13-22)11-12-21(27)25(5)15-18-7-9-19(10-8-18)24(3)4/h7-10H,6,11-12,14-15H2,1-5H3. The smallest absolute Gasteiger partial charge is 0.222 e. The van der Waals surface area contributed by atoms with Gasteiger partial charge in [-0.1, -0.05) is 12.1 Å². The number of nitrogens with zero attached hydrogens (tertiary/aromatic N) is 5. The van der Waals surface area contributed by atoms with Crippen molar-refractivity contribution in [1.29, 1.82) is 5.26 Å². The van der Waals surface area contributed by atoms with E-state index in [9.17, 15) is 4.79 Å². The summed E-state index contributed by atoms with van der Waals surface area (Å²) in [6, 6.07) is 10.4. The number of aryl methyl sites for hydroxylation is 2. The van der Waals surface area contributed by atoms with Crippen LogP contribution >= 0.6 is 0 Å². The molecule has 0 spiro atoms. The minimum absolute atomic E-state index is 0.121. The van der Waals surface area contributed by atoms with Gasteiger partial charge in [0.15, 0.2) is 0 Å². The van der Waals surface area contributed by atoms with Gasteiger partial charge in [-0.25, -0.2) is 0 Å². The van der Waals surface area contributed by atoms with Crippen LogP contribution < -0.4 is 4.90 Å². The highest BCUT2D eigenvalue weighted by molar-refractivity contribution is 5.76. The molecule has 1 heterocycles. The number of nitriles is 1. The lowest BCUT2D eigenvalue weighted by Gasteiger charge is -2.18. The van der Waals surface area contributed by atoms with Crippen molar-refractivity contribution in [1.82, 2.24) is 14.7 Å². The van der Waals surface area contributed by atoms with Crippen molar-refractivity contribution in [2.75, 3.05) is 26.0 Å². The molecule has 0 saturated carbocycles. The number of carbonyl (C=O) groups is 1. The van der Waals surface area contributed by atoms with Crippen LogP contribution in [0.25, 0.3) is 0 Å². The molecule has 6 heteroatoms. The second-order valence-electron chi connectivity index (χ2n) is 7.09. The number of amides is 1. The maximum atomic E-state index is 12.5. The van der Waals surface area contributed by atoms with E-state index in [1.807, 2.05) is 39.7 Å². The van der Waals surface area contributed by atoms with E-state index in [1.54, 1.807) is 4.90 Å². The van der Waals surface area contributed by atoms with Gasteiger partial charge in [0.1, 0.15) is 0 Å². The van der Waals surface area contributed by atoms with Crippen LogP contribution in [0.5, 0.6) is 0 Å². The van der Waals surface area contributed by atoms with E-state index in [-0.39, 0.29) is 5.91 Å². The van der Waals surface area contributed by atoms with Crippen molar-refractivity contribution in [2.45, 2.75) is 46.2 Å². The molecule has 0 radical (unpaired) electrons. The van der Waals surface area contributed by atoms with Crippen LogP contribution in [0.1, 0.15) is 35.4 Å². The number of benzene rings is 1. The van der Waals surface area contributed by atoms with Crippen LogP contribution in [0.2, 0.25) is 0 Å². The van der Waals surface area contributed by atoms with E-state index >= 15 is 0 Å². The topological polar surface area (TPSA) is 65.2 Å². The van der Waals surface area contributed by atoms with Gasteiger partial charge in [0, 0.05) is 45.5 Å². The van der Waals surface area contributed by atoms with E-state index in [1.165, 1.54) is 0 Å². The van der Waals surface area contributed by atoms with Crippen LogP contribution in [0.3, 0.4) is 0 Å². The molecule has 1 amide bonds. The number of rotatable bonds is 8. The molecule has 0 atom stereocenters. The second kappa shape index (κ2) is 9.22. The Morgan fingerprint density at radius 3 is 2.44 bits per heavy atom. The first-order chi connectivity index (χ1) is 12.8. The predicted molar refractivity (Wildman–Crippen MR) is 107 cm³/mol. The summed E-state index contributed by atoms with van der Waals surface area (Å²) in [5.74, 6) is 0.121. The molecule has 0 N–H and O–H groups in total. The Kier molecular flexibility index (Phi) is 7.00. The Morgan fingerprint density at radius 2 is 1.85 bits per heavy atom. The normalized spacial score (nSPS) is 10.5. The fourth-order valence-electron chi connectivity index (χ4n) is 3.15. The third-order valence-corrected chi connectivity index (χ3v) is 4.85. The third-order valence-electron chi connectivity index (χ3n) is 4.85. The number of hydrogen-bond donors (Lipinski definition) is 0. The predicted octanol–water partition coefficient (Wildman–Crippen LogP) is 3.07. The summed E-state index contributed by atoms with van der Waals surface area (Å²) in [6.07, 6.45) is 1.57. The molecule has 2 rings (SSSR count). The first kappa shape index (κ1) is 20.5. The van der Waals surface area contributed by atoms with E-state index in [2.05, 4.69) is 40.3 Å². The van der Waals surface area contributed by atoms with Crippen LogP contribution in [-0.4, -0.2) is 41.7 Å². The van der Waals surface area contributed by atoms with Crippen molar-refractivity contribution < 1.29 is 4.79 Å². The van der Waals surface area contributed by atoms with Gasteiger partial charge in [0.2, 0.25) is 5.91 Å². The minimum Gasteiger partial charge on any atom is -0.378 e. The van der Waals surface area contributed by atoms with Gasteiger partial charge >= 0.3 is 0 Å². The lowest BCUT2D eigenvalue weighted by molar-refractivity contribution is -0.130. The van der Waals surface area contributed by atoms with Gasteiger partial charge in [0.05, 0.1) is 24.7 Å². The van der Waals surface area contributed by atoms with Crippen LogP contribution in [0.15, 0.2) is 24.3 Å². The summed E-state index contributed by atoms with van der Waals surface area (Å²) < 4.78 is 1.87. The SMILES string of the molecule is Cc1nn(CCC#N)c(C)c1CCC(=O)N(C)Cc1ccc(N(C)C)cc1. The number of carbonyl (C=O) groups excluding carboxylic acids is 1. The van der Waals surface area contributed by atoms with E-state index in [4.69, 9.17) is 5.26 Å². The average molecular weight is 367 g/mol. The van der Waals surface area contributed by atoms with E-state index in [0.29, 0.717) is 32.4 Å². The first-order valence-corrected chi connectivity index (χ1v) is 9.23. The molecule has 0 saturated heterocycles. The van der Waals surface area contributed by atoms with E-state index < -0.39 is 0 Å². The van der Waals surface area contributed by atoms with Crippen LogP contribution in [0.4, 0.5) is 5.69 Å². The second-order valence-corrected chi connectivity index (χ2v) is 7.09. The highest BCUT2D eigenvalue weighted by atomic mass is 16.2. The summed E-state index contributed by atoms with van der Waals surface area (Å²) in [4.78, 5) is 16.4. The highest BCUT2D eigenvalue weighted by Crippen LogP contribution is 2.17. The molecule has 1 aromatic heterocycles. The van der Waals surface area contributed by atoms with Gasteiger partial charge in [-0.2, -0.15) is 10.4 Å². The maximum Gasteiger partial charge on any atom is 0.222 e. The number of aromatic nitrogens is 2. The Labute approximate surface area is 162 Å². The van der Waals surface area contributed by atoms with Gasteiger partial charge in [0.25, 0.3) is 0 Å². The maximum absolute atomic E-state index is 12.5. The molecule has 0 bridgehead atoms.